The normalized spacial score (nSPS) is 17.6. The fraction of sp³-hybridized carbons (Fsp3) is 0.368. The second-order valence-corrected chi connectivity index (χ2v) is 6.10. The van der Waals surface area contributed by atoms with Crippen LogP contribution in [0.25, 0.3) is 11.1 Å². The Bertz CT molecular complexity index is 643. The van der Waals surface area contributed by atoms with Crippen molar-refractivity contribution in [3.8, 4) is 11.1 Å². The van der Waals surface area contributed by atoms with Crippen LogP contribution in [0.1, 0.15) is 37.8 Å². The van der Waals surface area contributed by atoms with E-state index in [2.05, 4.69) is 39.9 Å². The number of rotatable bonds is 4. The van der Waals surface area contributed by atoms with Gasteiger partial charge in [-0.25, -0.2) is 0 Å². The summed E-state index contributed by atoms with van der Waals surface area (Å²) in [5, 5.41) is 6.40. The third kappa shape index (κ3) is 5.70. The summed E-state index contributed by atoms with van der Waals surface area (Å²) in [7, 11) is 0. The monoisotopic (exact) mass is 381 g/mol. The zero-order valence-electron chi connectivity index (χ0n) is 14.3. The summed E-state index contributed by atoms with van der Waals surface area (Å²) >= 11 is 0. The fourth-order valence-electron chi connectivity index (χ4n) is 2.97. The molecule has 1 aliphatic heterocycles. The van der Waals surface area contributed by atoms with Crippen molar-refractivity contribution in [2.45, 2.75) is 38.3 Å². The Morgan fingerprint density at radius 3 is 2.52 bits per heavy atom. The largest absolute Gasteiger partial charge is 0.348 e. The first kappa shape index (κ1) is 21.4. The first-order valence-corrected chi connectivity index (χ1v) is 8.28. The van der Waals surface area contributed by atoms with Crippen LogP contribution in [0.2, 0.25) is 0 Å². The zero-order chi connectivity index (χ0) is 16.1. The molecule has 25 heavy (non-hydrogen) atoms. The molecule has 2 N–H and O–H groups in total. The molecule has 1 unspecified atom stereocenters. The third-order valence-electron chi connectivity index (χ3n) is 4.39. The van der Waals surface area contributed by atoms with Crippen LogP contribution < -0.4 is 10.6 Å². The predicted octanol–water partition coefficient (Wildman–Crippen LogP) is 3.91. The van der Waals surface area contributed by atoms with Crippen LogP contribution in [-0.4, -0.2) is 23.5 Å². The van der Waals surface area contributed by atoms with Crippen LogP contribution in [0.4, 0.5) is 0 Å². The number of carbonyl (C=O) groups is 1. The molecule has 0 radical (unpaired) electrons. The number of hydrogen-bond acceptors (Lipinski definition) is 3. The van der Waals surface area contributed by atoms with E-state index >= 15 is 0 Å². The average molecular weight is 382 g/mol. The van der Waals surface area contributed by atoms with Gasteiger partial charge in [-0.15, -0.1) is 24.8 Å². The van der Waals surface area contributed by atoms with E-state index in [0.29, 0.717) is 0 Å². The Labute approximate surface area is 161 Å². The van der Waals surface area contributed by atoms with Crippen molar-refractivity contribution in [3.63, 3.8) is 0 Å². The highest BCUT2D eigenvalue weighted by Gasteiger charge is 2.21. The Kier molecular flexibility index (Phi) is 8.90. The van der Waals surface area contributed by atoms with Gasteiger partial charge in [-0.05, 0) is 49.1 Å². The number of aromatic nitrogens is 1. The van der Waals surface area contributed by atoms with Crippen LogP contribution in [0, 0.1) is 0 Å². The molecule has 2 heterocycles. The number of halogens is 2. The summed E-state index contributed by atoms with van der Waals surface area (Å²) < 4.78 is 0. The molecule has 3 rings (SSSR count). The van der Waals surface area contributed by atoms with E-state index in [4.69, 9.17) is 0 Å². The molecule has 0 spiro atoms. The van der Waals surface area contributed by atoms with E-state index < -0.39 is 0 Å². The minimum absolute atomic E-state index is 0. The maximum absolute atomic E-state index is 12.3. The lowest BCUT2D eigenvalue weighted by Gasteiger charge is -2.24. The van der Waals surface area contributed by atoms with Gasteiger partial charge in [0.2, 0.25) is 5.91 Å². The van der Waals surface area contributed by atoms with Gasteiger partial charge >= 0.3 is 0 Å². The molecule has 1 saturated heterocycles. The Hall–Kier alpha value is -1.62. The van der Waals surface area contributed by atoms with Crippen molar-refractivity contribution in [2.24, 2.45) is 0 Å². The van der Waals surface area contributed by atoms with Crippen LogP contribution in [0.5, 0.6) is 0 Å². The van der Waals surface area contributed by atoms with Gasteiger partial charge in [0, 0.05) is 12.4 Å². The highest BCUT2D eigenvalue weighted by molar-refractivity contribution is 5.85. The lowest BCUT2D eigenvalue weighted by atomic mass is 10.0. The number of carbonyl (C=O) groups excluding carboxylic acids is 1. The van der Waals surface area contributed by atoms with Gasteiger partial charge in [-0.1, -0.05) is 36.8 Å². The molecule has 0 aliphatic carbocycles. The molecule has 136 valence electrons. The standard InChI is InChI=1S/C19H23N3O.2ClH/c1-14(22-19(23)18-6-2-3-12-21-18)15-7-9-16(10-8-15)17-5-4-11-20-13-17;;/h4-5,7-11,13-14,18,21H,2-3,6,12H2,1H3,(H,22,23);2*1H/t14?,18-;;/m1../s1. The van der Waals surface area contributed by atoms with Gasteiger partial charge in [0.25, 0.3) is 0 Å². The minimum atomic E-state index is -0.0409. The molecule has 1 amide bonds. The van der Waals surface area contributed by atoms with Crippen molar-refractivity contribution >= 4 is 30.7 Å². The molecule has 2 aromatic rings. The summed E-state index contributed by atoms with van der Waals surface area (Å²) in [6, 6.07) is 12.2. The summed E-state index contributed by atoms with van der Waals surface area (Å²) in [6.07, 6.45) is 6.84. The van der Waals surface area contributed by atoms with Crippen molar-refractivity contribution in [1.82, 2.24) is 15.6 Å². The molecule has 1 aromatic heterocycles. The van der Waals surface area contributed by atoms with E-state index in [1.54, 1.807) is 6.20 Å². The maximum Gasteiger partial charge on any atom is 0.237 e. The van der Waals surface area contributed by atoms with E-state index in [0.717, 1.165) is 42.5 Å². The van der Waals surface area contributed by atoms with Crippen LogP contribution in [0.3, 0.4) is 0 Å². The lowest BCUT2D eigenvalue weighted by Crippen LogP contribution is -2.47. The first-order valence-electron chi connectivity index (χ1n) is 8.28. The van der Waals surface area contributed by atoms with Gasteiger partial charge in [0.05, 0.1) is 12.1 Å². The number of benzene rings is 1. The molecule has 6 heteroatoms. The van der Waals surface area contributed by atoms with Gasteiger partial charge in [-0.3, -0.25) is 9.78 Å². The number of nitrogens with one attached hydrogen (secondary N) is 2. The quantitative estimate of drug-likeness (QED) is 0.843. The second kappa shape index (κ2) is 10.4. The Morgan fingerprint density at radius 1 is 1.16 bits per heavy atom. The van der Waals surface area contributed by atoms with Crippen molar-refractivity contribution < 1.29 is 4.79 Å². The molecule has 2 atom stereocenters. The van der Waals surface area contributed by atoms with Gasteiger partial charge in [0.1, 0.15) is 0 Å². The van der Waals surface area contributed by atoms with Gasteiger partial charge < -0.3 is 10.6 Å². The van der Waals surface area contributed by atoms with Crippen LogP contribution >= 0.6 is 24.8 Å². The molecule has 1 aliphatic rings. The van der Waals surface area contributed by atoms with E-state index in [1.807, 2.05) is 25.3 Å². The first-order chi connectivity index (χ1) is 11.2. The van der Waals surface area contributed by atoms with E-state index in [1.165, 1.54) is 0 Å². The third-order valence-corrected chi connectivity index (χ3v) is 4.39. The summed E-state index contributed by atoms with van der Waals surface area (Å²) in [5.41, 5.74) is 3.35. The van der Waals surface area contributed by atoms with Crippen molar-refractivity contribution in [1.29, 1.82) is 0 Å². The van der Waals surface area contributed by atoms with E-state index in [-0.39, 0.29) is 42.8 Å². The topological polar surface area (TPSA) is 54.0 Å². The van der Waals surface area contributed by atoms with Gasteiger partial charge in [-0.2, -0.15) is 0 Å². The molecular weight excluding hydrogens is 357 g/mol. The maximum atomic E-state index is 12.3. The molecule has 4 nitrogen and oxygen atoms in total. The fourth-order valence-corrected chi connectivity index (χ4v) is 2.97. The molecule has 0 bridgehead atoms. The SMILES string of the molecule is CC(NC(=O)[C@H]1CCCCN1)c1ccc(-c2cccnc2)cc1.Cl.Cl. The highest BCUT2D eigenvalue weighted by atomic mass is 35.5. The number of nitrogens with zero attached hydrogens (tertiary/aromatic N) is 1. The Balaban J connectivity index is 0.00000156. The summed E-state index contributed by atoms with van der Waals surface area (Å²) in [6.45, 7) is 2.96. The van der Waals surface area contributed by atoms with Crippen LogP contribution in [-0.2, 0) is 4.79 Å². The smallest absolute Gasteiger partial charge is 0.237 e. The number of piperidine rings is 1. The average Bonchev–Trinajstić information content (AvgIpc) is 2.63. The van der Waals surface area contributed by atoms with E-state index in [9.17, 15) is 4.79 Å². The van der Waals surface area contributed by atoms with Crippen LogP contribution in [0.15, 0.2) is 48.8 Å². The number of pyridine rings is 1. The predicted molar refractivity (Wildman–Crippen MR) is 106 cm³/mol. The molecule has 0 saturated carbocycles. The molecule has 1 fully saturated rings. The summed E-state index contributed by atoms with van der Waals surface area (Å²) in [4.78, 5) is 16.4. The lowest BCUT2D eigenvalue weighted by molar-refractivity contribution is -0.124. The zero-order valence-corrected chi connectivity index (χ0v) is 15.9. The number of amides is 1. The minimum Gasteiger partial charge on any atom is -0.348 e. The number of hydrogen-bond donors (Lipinski definition) is 2. The highest BCUT2D eigenvalue weighted by Crippen LogP contribution is 2.21. The summed E-state index contributed by atoms with van der Waals surface area (Å²) in [5.74, 6) is 0.105. The second-order valence-electron chi connectivity index (χ2n) is 6.10. The molecular formula is C19H25Cl2N3O. The van der Waals surface area contributed by atoms with Crippen molar-refractivity contribution in [2.75, 3.05) is 6.54 Å². The Morgan fingerprint density at radius 2 is 1.92 bits per heavy atom. The van der Waals surface area contributed by atoms with Crippen molar-refractivity contribution in [3.05, 3.63) is 54.4 Å². The molecule has 1 aromatic carbocycles. The van der Waals surface area contributed by atoms with Gasteiger partial charge in [0.15, 0.2) is 0 Å².